The van der Waals surface area contributed by atoms with Crippen molar-refractivity contribution in [3.8, 4) is 0 Å². The molecule has 0 aliphatic heterocycles. The number of hydrogen-bond acceptors (Lipinski definition) is 6. The van der Waals surface area contributed by atoms with E-state index in [1.54, 1.807) is 10.7 Å². The Hall–Kier alpha value is -2.31. The number of aromatic nitrogens is 4. The van der Waals surface area contributed by atoms with Crippen LogP contribution in [0, 0.1) is 0 Å². The highest BCUT2D eigenvalue weighted by atomic mass is 15.2. The molecule has 2 heterocycles. The van der Waals surface area contributed by atoms with Crippen molar-refractivity contribution in [2.45, 2.75) is 6.42 Å². The summed E-state index contributed by atoms with van der Waals surface area (Å²) < 4.78 is 1.77. The van der Waals surface area contributed by atoms with Gasteiger partial charge < -0.3 is 16.8 Å². The van der Waals surface area contributed by atoms with Crippen LogP contribution in [0.5, 0.6) is 0 Å². The predicted octanol–water partition coefficient (Wildman–Crippen LogP) is 0.0291. The van der Waals surface area contributed by atoms with E-state index < -0.39 is 0 Å². The van der Waals surface area contributed by atoms with Gasteiger partial charge in [-0.2, -0.15) is 15.1 Å². The normalized spacial score (nSPS) is 10.4. The van der Waals surface area contributed by atoms with E-state index in [0.717, 1.165) is 18.5 Å². The highest BCUT2D eigenvalue weighted by Crippen LogP contribution is 2.09. The molecule has 0 amide bonds. The summed E-state index contributed by atoms with van der Waals surface area (Å²) in [6, 6.07) is 1.65. The van der Waals surface area contributed by atoms with E-state index in [9.17, 15) is 0 Å². The number of anilines is 3. The summed E-state index contributed by atoms with van der Waals surface area (Å²) in [6.45, 7) is 0.738. The lowest BCUT2D eigenvalue weighted by Crippen LogP contribution is -2.08. The molecule has 5 N–H and O–H groups in total. The molecule has 0 saturated heterocycles. The Labute approximate surface area is 98.9 Å². The van der Waals surface area contributed by atoms with Gasteiger partial charge in [0.15, 0.2) is 0 Å². The van der Waals surface area contributed by atoms with Crippen LogP contribution in [0.3, 0.4) is 0 Å². The second-order valence-corrected chi connectivity index (χ2v) is 3.74. The lowest BCUT2D eigenvalue weighted by molar-refractivity contribution is 0.767. The molecule has 0 aliphatic rings. The molecule has 0 spiro atoms. The van der Waals surface area contributed by atoms with Crippen LogP contribution in [-0.4, -0.2) is 26.3 Å². The van der Waals surface area contributed by atoms with E-state index in [0.29, 0.717) is 11.6 Å². The van der Waals surface area contributed by atoms with E-state index in [1.807, 2.05) is 19.4 Å². The van der Waals surface area contributed by atoms with Crippen molar-refractivity contribution in [1.82, 2.24) is 19.7 Å². The van der Waals surface area contributed by atoms with Gasteiger partial charge >= 0.3 is 0 Å². The number of nitrogens with zero attached hydrogens (tertiary/aromatic N) is 4. The molecule has 0 unspecified atom stereocenters. The zero-order valence-corrected chi connectivity index (χ0v) is 9.59. The topological polar surface area (TPSA) is 108 Å². The molecule has 0 atom stereocenters. The number of nitrogens with one attached hydrogen (secondary N) is 1. The van der Waals surface area contributed by atoms with Crippen LogP contribution < -0.4 is 16.8 Å². The first-order chi connectivity index (χ1) is 8.13. The summed E-state index contributed by atoms with van der Waals surface area (Å²) in [5.74, 6) is 1.18. The molecule has 7 heteroatoms. The average Bonchev–Trinajstić information content (AvgIpc) is 2.63. The molecule has 7 nitrogen and oxygen atoms in total. The molecule has 2 aromatic rings. The number of nitrogens with two attached hydrogens (primary N) is 2. The fourth-order valence-corrected chi connectivity index (χ4v) is 1.51. The molecular weight excluding hydrogens is 218 g/mol. The highest BCUT2D eigenvalue weighted by molar-refractivity contribution is 5.48. The Morgan fingerprint density at radius 2 is 2.18 bits per heavy atom. The van der Waals surface area contributed by atoms with Crippen LogP contribution in [0.25, 0.3) is 0 Å². The van der Waals surface area contributed by atoms with Crippen LogP contribution in [0.1, 0.15) is 5.56 Å². The lowest BCUT2D eigenvalue weighted by Gasteiger charge is -2.05. The summed E-state index contributed by atoms with van der Waals surface area (Å²) in [5, 5.41) is 7.23. The van der Waals surface area contributed by atoms with Crippen molar-refractivity contribution in [2.24, 2.45) is 7.05 Å². The van der Waals surface area contributed by atoms with Crippen LogP contribution in [0.4, 0.5) is 17.6 Å². The van der Waals surface area contributed by atoms with Gasteiger partial charge in [-0.3, -0.25) is 4.68 Å². The molecule has 2 rings (SSSR count). The first-order valence-corrected chi connectivity index (χ1v) is 5.25. The van der Waals surface area contributed by atoms with Gasteiger partial charge in [-0.05, 0) is 12.0 Å². The van der Waals surface area contributed by atoms with Gasteiger partial charge in [0.05, 0.1) is 6.20 Å². The van der Waals surface area contributed by atoms with Crippen molar-refractivity contribution in [2.75, 3.05) is 23.3 Å². The van der Waals surface area contributed by atoms with Gasteiger partial charge in [0.25, 0.3) is 0 Å². The summed E-state index contributed by atoms with van der Waals surface area (Å²) in [6.07, 6.45) is 4.67. The Morgan fingerprint density at radius 3 is 2.82 bits per heavy atom. The third-order valence-corrected chi connectivity index (χ3v) is 2.24. The van der Waals surface area contributed by atoms with Gasteiger partial charge in [-0.1, -0.05) is 0 Å². The summed E-state index contributed by atoms with van der Waals surface area (Å²) >= 11 is 0. The zero-order valence-electron chi connectivity index (χ0n) is 9.59. The SMILES string of the molecule is Cn1cc(CCNc2cc(N)nc(N)n2)cn1. The Bertz CT molecular complexity index is 485. The van der Waals surface area contributed by atoms with E-state index in [-0.39, 0.29) is 5.95 Å². The van der Waals surface area contributed by atoms with Crippen molar-refractivity contribution in [3.05, 3.63) is 24.0 Å². The largest absolute Gasteiger partial charge is 0.383 e. The molecule has 0 bridgehead atoms. The first-order valence-electron chi connectivity index (χ1n) is 5.25. The fourth-order valence-electron chi connectivity index (χ4n) is 1.51. The zero-order chi connectivity index (χ0) is 12.3. The Balaban J connectivity index is 1.89. The minimum absolute atomic E-state index is 0.175. The fraction of sp³-hybridized carbons (Fsp3) is 0.300. The molecule has 0 aliphatic carbocycles. The van der Waals surface area contributed by atoms with Crippen LogP contribution in [0.2, 0.25) is 0 Å². The minimum atomic E-state index is 0.175. The molecule has 17 heavy (non-hydrogen) atoms. The molecule has 0 radical (unpaired) electrons. The van der Waals surface area contributed by atoms with E-state index >= 15 is 0 Å². The number of hydrogen-bond donors (Lipinski definition) is 3. The second-order valence-electron chi connectivity index (χ2n) is 3.74. The van der Waals surface area contributed by atoms with E-state index in [4.69, 9.17) is 11.5 Å². The molecule has 0 saturated carbocycles. The van der Waals surface area contributed by atoms with Gasteiger partial charge in [-0.25, -0.2) is 0 Å². The third-order valence-electron chi connectivity index (χ3n) is 2.24. The van der Waals surface area contributed by atoms with E-state index in [1.165, 1.54) is 0 Å². The maximum absolute atomic E-state index is 5.56. The second kappa shape index (κ2) is 4.69. The predicted molar refractivity (Wildman–Crippen MR) is 66.3 cm³/mol. The van der Waals surface area contributed by atoms with Gasteiger partial charge in [-0.15, -0.1) is 0 Å². The number of aryl methyl sites for hydroxylation is 1. The number of nitrogen functional groups attached to an aromatic ring is 2. The molecule has 2 aromatic heterocycles. The Morgan fingerprint density at radius 1 is 1.35 bits per heavy atom. The summed E-state index contributed by atoms with van der Waals surface area (Å²) in [7, 11) is 1.89. The monoisotopic (exact) mass is 233 g/mol. The quantitative estimate of drug-likeness (QED) is 0.687. The summed E-state index contributed by atoms with van der Waals surface area (Å²) in [5.41, 5.74) is 12.2. The van der Waals surface area contributed by atoms with Crippen LogP contribution in [0.15, 0.2) is 18.5 Å². The van der Waals surface area contributed by atoms with Crippen molar-refractivity contribution >= 4 is 17.6 Å². The standard InChI is InChI=1S/C10H15N7/c1-17-6-7(5-14-17)2-3-13-9-4-8(11)15-10(12)16-9/h4-6H,2-3H2,1H3,(H5,11,12,13,15,16). The van der Waals surface area contributed by atoms with Gasteiger partial charge in [0, 0.05) is 25.9 Å². The summed E-state index contributed by atoms with van der Waals surface area (Å²) in [4.78, 5) is 7.82. The van der Waals surface area contributed by atoms with Crippen molar-refractivity contribution < 1.29 is 0 Å². The molecule has 0 aromatic carbocycles. The highest BCUT2D eigenvalue weighted by Gasteiger charge is 2.00. The average molecular weight is 233 g/mol. The number of rotatable bonds is 4. The van der Waals surface area contributed by atoms with Crippen LogP contribution >= 0.6 is 0 Å². The lowest BCUT2D eigenvalue weighted by atomic mass is 10.2. The smallest absolute Gasteiger partial charge is 0.223 e. The molecule has 90 valence electrons. The maximum atomic E-state index is 5.56. The van der Waals surface area contributed by atoms with Gasteiger partial charge in [0.2, 0.25) is 5.95 Å². The minimum Gasteiger partial charge on any atom is -0.383 e. The van der Waals surface area contributed by atoms with Crippen molar-refractivity contribution in [3.63, 3.8) is 0 Å². The maximum Gasteiger partial charge on any atom is 0.223 e. The molecular formula is C10H15N7. The van der Waals surface area contributed by atoms with E-state index in [2.05, 4.69) is 20.4 Å². The van der Waals surface area contributed by atoms with Crippen LogP contribution in [-0.2, 0) is 13.5 Å². The molecule has 0 fully saturated rings. The van der Waals surface area contributed by atoms with Crippen molar-refractivity contribution in [1.29, 1.82) is 0 Å². The van der Waals surface area contributed by atoms with Gasteiger partial charge in [0.1, 0.15) is 11.6 Å². The Kier molecular flexibility index (Phi) is 3.08. The first kappa shape index (κ1) is 11.2. The third kappa shape index (κ3) is 3.07.